The molecule has 0 bridgehead atoms. The molecule has 1 unspecified atom stereocenters. The molecule has 0 amide bonds. The molecule has 1 aliphatic heterocycles. The van der Waals surface area contributed by atoms with Gasteiger partial charge in [0.25, 0.3) is 0 Å². The van der Waals surface area contributed by atoms with Crippen LogP contribution in [0.15, 0.2) is 29.3 Å². The Morgan fingerprint density at radius 1 is 1.25 bits per heavy atom. The lowest BCUT2D eigenvalue weighted by molar-refractivity contribution is 0.198. The highest BCUT2D eigenvalue weighted by molar-refractivity contribution is 7.86. The molecule has 0 radical (unpaired) electrons. The van der Waals surface area contributed by atoms with Gasteiger partial charge >= 0.3 is 0 Å². The summed E-state index contributed by atoms with van der Waals surface area (Å²) in [5.41, 5.74) is 1.15. The van der Waals surface area contributed by atoms with Gasteiger partial charge in [-0.1, -0.05) is 12.1 Å². The highest BCUT2D eigenvalue weighted by Crippen LogP contribution is 2.14. The zero-order chi connectivity index (χ0) is 20.6. The summed E-state index contributed by atoms with van der Waals surface area (Å²) in [4.78, 5) is 7.01. The van der Waals surface area contributed by atoms with Crippen molar-refractivity contribution in [1.29, 1.82) is 0 Å². The normalized spacial score (nSPS) is 18.1. The molecule has 1 aromatic rings. The second-order valence-electron chi connectivity index (χ2n) is 8.24. The van der Waals surface area contributed by atoms with Crippen molar-refractivity contribution in [3.8, 4) is 0 Å². The number of benzene rings is 1. The summed E-state index contributed by atoms with van der Waals surface area (Å²) in [6, 6.07) is 7.15. The zero-order valence-electron chi connectivity index (χ0n) is 17.6. The van der Waals surface area contributed by atoms with Crippen molar-refractivity contribution in [2.75, 3.05) is 31.9 Å². The van der Waals surface area contributed by atoms with Crippen LogP contribution >= 0.6 is 0 Å². The molecule has 1 heterocycles. The van der Waals surface area contributed by atoms with Crippen LogP contribution in [0.4, 0.5) is 4.39 Å². The molecule has 1 atom stereocenters. The Bertz CT molecular complexity index is 649. The SMILES string of the molecule is CCNC(=NCCS(=O)C(C)(C)C)NC1CCN(Cc2ccc(F)cc2)CC1. The highest BCUT2D eigenvalue weighted by atomic mass is 32.2. The molecule has 7 heteroatoms. The largest absolute Gasteiger partial charge is 0.357 e. The van der Waals surface area contributed by atoms with Crippen molar-refractivity contribution in [2.45, 2.75) is 57.9 Å². The first-order chi connectivity index (χ1) is 13.3. The van der Waals surface area contributed by atoms with Crippen molar-refractivity contribution in [2.24, 2.45) is 4.99 Å². The molecule has 28 heavy (non-hydrogen) atoms. The first-order valence-electron chi connectivity index (χ1n) is 10.2. The summed E-state index contributed by atoms with van der Waals surface area (Å²) >= 11 is 0. The zero-order valence-corrected chi connectivity index (χ0v) is 18.4. The van der Waals surface area contributed by atoms with Gasteiger partial charge in [-0.05, 0) is 58.2 Å². The molecule has 0 aromatic heterocycles. The molecule has 2 N–H and O–H groups in total. The van der Waals surface area contributed by atoms with E-state index in [2.05, 4.69) is 27.4 Å². The van der Waals surface area contributed by atoms with Crippen LogP contribution in [0.3, 0.4) is 0 Å². The van der Waals surface area contributed by atoms with Gasteiger partial charge in [0.2, 0.25) is 0 Å². The lowest BCUT2D eigenvalue weighted by atomic mass is 10.0. The molecule has 0 saturated carbocycles. The maximum Gasteiger partial charge on any atom is 0.191 e. The molecule has 5 nitrogen and oxygen atoms in total. The number of rotatable bonds is 7. The number of aliphatic imine (C=N–C) groups is 1. The first kappa shape index (κ1) is 22.8. The Kier molecular flexibility index (Phi) is 8.89. The lowest BCUT2D eigenvalue weighted by Crippen LogP contribution is -2.48. The minimum Gasteiger partial charge on any atom is -0.357 e. The standard InChI is InChI=1S/C21H35FN4OS/c1-5-23-20(24-12-15-28(27)21(2,3)4)25-19-10-13-26(14-11-19)16-17-6-8-18(22)9-7-17/h6-9,19H,5,10-16H2,1-4H3,(H2,23,24,25). The Morgan fingerprint density at radius 3 is 2.46 bits per heavy atom. The van der Waals surface area contributed by atoms with Gasteiger partial charge in [-0.3, -0.25) is 14.1 Å². The van der Waals surface area contributed by atoms with E-state index in [0.29, 0.717) is 18.3 Å². The number of hydrogen-bond acceptors (Lipinski definition) is 3. The van der Waals surface area contributed by atoms with Gasteiger partial charge in [0.15, 0.2) is 5.96 Å². The maximum atomic E-state index is 13.0. The average Bonchev–Trinajstić information content (AvgIpc) is 2.64. The van der Waals surface area contributed by atoms with Crippen molar-refractivity contribution in [3.63, 3.8) is 0 Å². The quantitative estimate of drug-likeness (QED) is 0.536. The number of likely N-dealkylation sites (tertiary alicyclic amines) is 1. The second-order valence-corrected chi connectivity index (χ2v) is 10.6. The van der Waals surface area contributed by atoms with Gasteiger partial charge in [0, 0.05) is 53.5 Å². The molecule has 0 spiro atoms. The van der Waals surface area contributed by atoms with Crippen molar-refractivity contribution in [3.05, 3.63) is 35.6 Å². The third kappa shape index (κ3) is 7.87. The van der Waals surface area contributed by atoms with Crippen LogP contribution < -0.4 is 10.6 Å². The Morgan fingerprint density at radius 2 is 1.89 bits per heavy atom. The third-order valence-electron chi connectivity index (χ3n) is 4.82. The van der Waals surface area contributed by atoms with Crippen LogP contribution in [-0.2, 0) is 17.3 Å². The topological polar surface area (TPSA) is 56.7 Å². The minimum atomic E-state index is -0.883. The van der Waals surface area contributed by atoms with Crippen LogP contribution in [0.5, 0.6) is 0 Å². The van der Waals surface area contributed by atoms with Gasteiger partial charge in [-0.2, -0.15) is 0 Å². The number of hydrogen-bond donors (Lipinski definition) is 2. The van der Waals surface area contributed by atoms with E-state index in [4.69, 9.17) is 0 Å². The van der Waals surface area contributed by atoms with E-state index in [1.807, 2.05) is 32.9 Å². The van der Waals surface area contributed by atoms with Gasteiger partial charge in [0.1, 0.15) is 5.82 Å². The van der Waals surface area contributed by atoms with E-state index in [0.717, 1.165) is 50.5 Å². The fourth-order valence-electron chi connectivity index (χ4n) is 3.14. The Labute approximate surface area is 171 Å². The van der Waals surface area contributed by atoms with Gasteiger partial charge in [-0.15, -0.1) is 0 Å². The number of halogens is 1. The summed E-state index contributed by atoms with van der Waals surface area (Å²) in [6.07, 6.45) is 2.08. The minimum absolute atomic E-state index is 0.187. The van der Waals surface area contributed by atoms with Gasteiger partial charge in [0.05, 0.1) is 6.54 Å². The predicted octanol–water partition coefficient (Wildman–Crippen LogP) is 2.89. The van der Waals surface area contributed by atoms with Crippen LogP contribution in [0.25, 0.3) is 0 Å². The smallest absolute Gasteiger partial charge is 0.191 e. The highest BCUT2D eigenvalue weighted by Gasteiger charge is 2.21. The van der Waals surface area contributed by atoms with Crippen molar-refractivity contribution in [1.82, 2.24) is 15.5 Å². The molecule has 1 fully saturated rings. The van der Waals surface area contributed by atoms with E-state index in [9.17, 15) is 8.60 Å². The van der Waals surface area contributed by atoms with Crippen molar-refractivity contribution < 1.29 is 8.60 Å². The van der Waals surface area contributed by atoms with Gasteiger partial charge in [-0.25, -0.2) is 4.39 Å². The number of guanidine groups is 1. The van der Waals surface area contributed by atoms with E-state index in [1.54, 1.807) is 0 Å². The molecule has 1 saturated heterocycles. The van der Waals surface area contributed by atoms with Crippen LogP contribution in [-0.4, -0.2) is 57.8 Å². The molecule has 1 aliphatic rings. The van der Waals surface area contributed by atoms with Crippen LogP contribution in [0, 0.1) is 5.82 Å². The van der Waals surface area contributed by atoms with Crippen LogP contribution in [0.2, 0.25) is 0 Å². The molecule has 158 valence electrons. The van der Waals surface area contributed by atoms with Crippen molar-refractivity contribution >= 4 is 16.8 Å². The fourth-order valence-corrected chi connectivity index (χ4v) is 4.01. The lowest BCUT2D eigenvalue weighted by Gasteiger charge is -2.33. The van der Waals surface area contributed by atoms with E-state index >= 15 is 0 Å². The predicted molar refractivity (Wildman–Crippen MR) is 117 cm³/mol. The maximum absolute atomic E-state index is 13.0. The average molecular weight is 411 g/mol. The summed E-state index contributed by atoms with van der Waals surface area (Å²) in [6.45, 7) is 12.3. The molecule has 0 aliphatic carbocycles. The summed E-state index contributed by atoms with van der Waals surface area (Å²) in [7, 11) is -0.883. The first-order valence-corrected chi connectivity index (χ1v) is 11.5. The summed E-state index contributed by atoms with van der Waals surface area (Å²) in [5, 5.41) is 6.81. The number of nitrogens with zero attached hydrogens (tertiary/aromatic N) is 2. The van der Waals surface area contributed by atoms with E-state index in [-0.39, 0.29) is 10.6 Å². The van der Waals surface area contributed by atoms with Gasteiger partial charge < -0.3 is 10.6 Å². The summed E-state index contributed by atoms with van der Waals surface area (Å²) in [5.74, 6) is 1.20. The van der Waals surface area contributed by atoms with Crippen LogP contribution in [0.1, 0.15) is 46.1 Å². The summed E-state index contributed by atoms with van der Waals surface area (Å²) < 4.78 is 25.0. The second kappa shape index (κ2) is 10.9. The third-order valence-corrected chi connectivity index (χ3v) is 6.74. The molecule has 1 aromatic carbocycles. The Hall–Kier alpha value is -1.47. The molecular weight excluding hydrogens is 375 g/mol. The Balaban J connectivity index is 1.78. The molecule has 2 rings (SSSR count). The number of nitrogens with one attached hydrogen (secondary N) is 2. The van der Waals surface area contributed by atoms with E-state index < -0.39 is 10.8 Å². The number of piperidine rings is 1. The van der Waals surface area contributed by atoms with E-state index in [1.165, 1.54) is 12.1 Å². The monoisotopic (exact) mass is 410 g/mol. The fraction of sp³-hybridized carbons (Fsp3) is 0.667. The molecular formula is C21H35FN4OS.